The summed E-state index contributed by atoms with van der Waals surface area (Å²) in [4.78, 5) is 3.85. The van der Waals surface area contributed by atoms with Crippen LogP contribution in [-0.2, 0) is 0 Å². The molecule has 2 rings (SSSR count). The maximum Gasteiger partial charge on any atom is 0.218 e. The number of nitrogens with one attached hydrogen (secondary N) is 1. The summed E-state index contributed by atoms with van der Waals surface area (Å²) >= 11 is 6.41. The molecule has 0 aliphatic heterocycles. The van der Waals surface area contributed by atoms with Gasteiger partial charge < -0.3 is 20.9 Å². The van der Waals surface area contributed by atoms with Crippen molar-refractivity contribution in [3.05, 3.63) is 77.5 Å². The number of nitrogens with zero attached hydrogens (tertiary/aromatic N) is 1. The second-order valence-corrected chi connectivity index (χ2v) is 8.03. The molecule has 5 nitrogen and oxygen atoms in total. The number of ether oxygens (including phenoxy) is 1. The van der Waals surface area contributed by atoms with Crippen molar-refractivity contribution in [3.8, 4) is 17.2 Å². The third kappa shape index (κ3) is 9.24. The van der Waals surface area contributed by atoms with Crippen LogP contribution in [0.2, 0.25) is 5.02 Å². The molecule has 1 aromatic carbocycles. The number of hydrogen-bond donors (Lipinski definition) is 3. The summed E-state index contributed by atoms with van der Waals surface area (Å²) in [6, 6.07) is 5.84. The zero-order valence-electron chi connectivity index (χ0n) is 19.5. The highest BCUT2D eigenvalue weighted by atomic mass is 35.5. The van der Waals surface area contributed by atoms with E-state index in [2.05, 4.69) is 23.5 Å². The van der Waals surface area contributed by atoms with E-state index < -0.39 is 11.8 Å². The van der Waals surface area contributed by atoms with Gasteiger partial charge in [-0.05, 0) is 50.5 Å². The van der Waals surface area contributed by atoms with Gasteiger partial charge in [0.1, 0.15) is 22.3 Å². The van der Waals surface area contributed by atoms with E-state index in [4.69, 9.17) is 22.1 Å². The Labute approximate surface area is 199 Å². The van der Waals surface area contributed by atoms with Crippen molar-refractivity contribution in [1.82, 2.24) is 4.98 Å². The highest BCUT2D eigenvalue weighted by molar-refractivity contribution is 6.34. The Morgan fingerprint density at radius 2 is 2.00 bits per heavy atom. The van der Waals surface area contributed by atoms with Crippen LogP contribution in [0.3, 0.4) is 0 Å². The quantitative estimate of drug-likeness (QED) is 0.200. The van der Waals surface area contributed by atoms with Crippen molar-refractivity contribution in [1.29, 1.82) is 0 Å². The number of phenolic OH excluding ortho intramolecular Hbond substituents is 1. The monoisotopic (exact) mass is 479 g/mol. The topological polar surface area (TPSA) is 80.4 Å². The Hall–Kier alpha value is -2.90. The Morgan fingerprint density at radius 3 is 2.52 bits per heavy atom. The SMILES string of the molecule is C/C=C(\C)CC(CN)Nc1nc(F)cc(Oc2ccc(O)c(C(C)C)c2)c1Cl.C=CC(=C)F. The Morgan fingerprint density at radius 1 is 1.36 bits per heavy atom. The average molecular weight is 480 g/mol. The number of pyridine rings is 1. The third-order valence-electron chi connectivity index (χ3n) is 4.65. The number of hydrogen-bond acceptors (Lipinski definition) is 5. The molecule has 0 saturated heterocycles. The Bertz CT molecular complexity index is 994. The van der Waals surface area contributed by atoms with E-state index in [1.807, 2.05) is 33.8 Å². The molecule has 1 heterocycles. The molecule has 1 atom stereocenters. The highest BCUT2D eigenvalue weighted by Gasteiger charge is 2.17. The molecule has 0 bridgehead atoms. The van der Waals surface area contributed by atoms with Crippen LogP contribution in [-0.4, -0.2) is 22.7 Å². The molecular formula is C25H32ClF2N3O2. The minimum Gasteiger partial charge on any atom is -0.508 e. The van der Waals surface area contributed by atoms with E-state index in [9.17, 15) is 13.9 Å². The molecule has 180 valence electrons. The van der Waals surface area contributed by atoms with Crippen LogP contribution >= 0.6 is 11.6 Å². The van der Waals surface area contributed by atoms with Gasteiger partial charge in [0.25, 0.3) is 0 Å². The van der Waals surface area contributed by atoms with E-state index in [0.717, 1.165) is 23.3 Å². The van der Waals surface area contributed by atoms with E-state index in [1.165, 1.54) is 0 Å². The number of allylic oxidation sites excluding steroid dienone is 3. The smallest absolute Gasteiger partial charge is 0.218 e. The van der Waals surface area contributed by atoms with Gasteiger partial charge in [0.05, 0.1) is 0 Å². The number of nitrogens with two attached hydrogens (primary N) is 1. The standard InChI is InChI=1S/C21H27ClFN3O2.C4H5F/c1-5-13(4)8-14(11-24)25-21-20(22)18(10-19(23)26-21)28-15-6-7-17(27)16(9-15)12(2)3;1-3-4(2)5/h5-7,9-10,12,14,27H,8,11,24H2,1-4H3,(H,25,26);3H,1-2H2/b13-5+;. The molecular weight excluding hydrogens is 448 g/mol. The maximum atomic E-state index is 14.1. The van der Waals surface area contributed by atoms with Gasteiger partial charge in [-0.25, -0.2) is 9.37 Å². The first-order valence-corrected chi connectivity index (χ1v) is 10.8. The van der Waals surface area contributed by atoms with E-state index in [-0.39, 0.29) is 34.3 Å². The number of aromatic hydroxyl groups is 1. The fraction of sp³-hybridized carbons (Fsp3) is 0.320. The van der Waals surface area contributed by atoms with E-state index in [0.29, 0.717) is 18.7 Å². The lowest BCUT2D eigenvalue weighted by atomic mass is 10.0. The van der Waals surface area contributed by atoms with Crippen LogP contribution in [0.4, 0.5) is 14.6 Å². The molecule has 2 aromatic rings. The van der Waals surface area contributed by atoms with E-state index in [1.54, 1.807) is 18.2 Å². The van der Waals surface area contributed by atoms with Crippen molar-refractivity contribution in [2.45, 2.75) is 46.1 Å². The van der Waals surface area contributed by atoms with Crippen molar-refractivity contribution in [2.24, 2.45) is 5.73 Å². The fourth-order valence-corrected chi connectivity index (χ4v) is 2.91. The number of halogens is 3. The summed E-state index contributed by atoms with van der Waals surface area (Å²) in [6.07, 6.45) is 3.74. The summed E-state index contributed by atoms with van der Waals surface area (Å²) in [5, 5.41) is 13.2. The molecule has 4 N–H and O–H groups in total. The van der Waals surface area contributed by atoms with Crippen LogP contribution < -0.4 is 15.8 Å². The van der Waals surface area contributed by atoms with Crippen LogP contribution in [0.1, 0.15) is 45.6 Å². The predicted molar refractivity (Wildman–Crippen MR) is 132 cm³/mol. The lowest BCUT2D eigenvalue weighted by molar-refractivity contribution is 0.452. The molecule has 0 aliphatic rings. The number of aromatic nitrogens is 1. The van der Waals surface area contributed by atoms with E-state index >= 15 is 0 Å². The number of rotatable bonds is 9. The normalized spacial score (nSPS) is 12.0. The van der Waals surface area contributed by atoms with Crippen molar-refractivity contribution in [2.75, 3.05) is 11.9 Å². The molecule has 1 unspecified atom stereocenters. The van der Waals surface area contributed by atoms with Gasteiger partial charge in [-0.3, -0.25) is 0 Å². The zero-order chi connectivity index (χ0) is 25.1. The predicted octanol–water partition coefficient (Wildman–Crippen LogP) is 7.25. The summed E-state index contributed by atoms with van der Waals surface area (Å²) in [5.41, 5.74) is 7.70. The van der Waals surface area contributed by atoms with Crippen molar-refractivity contribution < 1.29 is 18.6 Å². The van der Waals surface area contributed by atoms with Crippen LogP contribution in [0.5, 0.6) is 17.2 Å². The number of phenols is 1. The summed E-state index contributed by atoms with van der Waals surface area (Å²) in [6.45, 7) is 14.2. The van der Waals surface area contributed by atoms with Crippen LogP contribution in [0, 0.1) is 5.95 Å². The lowest BCUT2D eigenvalue weighted by Gasteiger charge is -2.20. The van der Waals surface area contributed by atoms with Gasteiger partial charge in [-0.15, -0.1) is 0 Å². The minimum absolute atomic E-state index is 0.102. The van der Waals surface area contributed by atoms with Crippen LogP contribution in [0.15, 0.2) is 61.0 Å². The molecule has 0 amide bonds. The molecule has 0 aliphatic carbocycles. The first-order valence-electron chi connectivity index (χ1n) is 10.4. The maximum absolute atomic E-state index is 14.1. The van der Waals surface area contributed by atoms with Gasteiger partial charge in [-0.2, -0.15) is 4.39 Å². The number of anilines is 1. The summed E-state index contributed by atoms with van der Waals surface area (Å²) in [5.74, 6) is -0.157. The minimum atomic E-state index is -0.719. The van der Waals surface area contributed by atoms with Crippen LogP contribution in [0.25, 0.3) is 0 Å². The first kappa shape index (κ1) is 28.1. The summed E-state index contributed by atoms with van der Waals surface area (Å²) < 4.78 is 31.0. The summed E-state index contributed by atoms with van der Waals surface area (Å²) in [7, 11) is 0. The highest BCUT2D eigenvalue weighted by Crippen LogP contribution is 2.37. The largest absolute Gasteiger partial charge is 0.508 e. The molecule has 1 aromatic heterocycles. The molecule has 0 saturated carbocycles. The molecule has 0 fully saturated rings. The van der Waals surface area contributed by atoms with Gasteiger partial charge in [-0.1, -0.05) is 50.3 Å². The fourth-order valence-electron chi connectivity index (χ4n) is 2.72. The third-order valence-corrected chi connectivity index (χ3v) is 5.02. The van der Waals surface area contributed by atoms with Gasteiger partial charge in [0, 0.05) is 24.2 Å². The lowest BCUT2D eigenvalue weighted by Crippen LogP contribution is -2.29. The van der Waals surface area contributed by atoms with Crippen molar-refractivity contribution in [3.63, 3.8) is 0 Å². The van der Waals surface area contributed by atoms with Gasteiger partial charge in [0.15, 0.2) is 11.6 Å². The number of benzene rings is 1. The first-order chi connectivity index (χ1) is 15.5. The Balaban J connectivity index is 0.000000981. The molecule has 0 spiro atoms. The Kier molecular flexibility index (Phi) is 11.6. The second-order valence-electron chi connectivity index (χ2n) is 7.65. The van der Waals surface area contributed by atoms with Gasteiger partial charge >= 0.3 is 0 Å². The second kappa shape index (κ2) is 13.6. The van der Waals surface area contributed by atoms with Crippen molar-refractivity contribution >= 4 is 17.4 Å². The molecule has 0 radical (unpaired) electrons. The average Bonchev–Trinajstić information content (AvgIpc) is 2.77. The van der Waals surface area contributed by atoms with Gasteiger partial charge in [0.2, 0.25) is 5.95 Å². The molecule has 8 heteroatoms. The zero-order valence-corrected chi connectivity index (χ0v) is 20.2. The molecule has 33 heavy (non-hydrogen) atoms.